The normalized spacial score (nSPS) is 20.8. The molecule has 2 heterocycles. The monoisotopic (exact) mass is 473 g/mol. The number of amides is 1. The van der Waals surface area contributed by atoms with Gasteiger partial charge in [-0.25, -0.2) is 13.8 Å². The lowest BCUT2D eigenvalue weighted by Crippen LogP contribution is -2.52. The van der Waals surface area contributed by atoms with Gasteiger partial charge in [0.05, 0.1) is 11.1 Å². The summed E-state index contributed by atoms with van der Waals surface area (Å²) in [5.74, 6) is -5.82. The summed E-state index contributed by atoms with van der Waals surface area (Å²) in [7, 11) is 0. The number of carbonyl (C=O) groups is 1. The van der Waals surface area contributed by atoms with Gasteiger partial charge >= 0.3 is 6.18 Å². The first-order valence-electron chi connectivity index (χ1n) is 10.0. The van der Waals surface area contributed by atoms with Crippen LogP contribution in [0, 0.1) is 18.8 Å². The van der Waals surface area contributed by atoms with Crippen molar-refractivity contribution in [3.63, 3.8) is 0 Å². The molecular weight excluding hydrogens is 449 g/mol. The van der Waals surface area contributed by atoms with Crippen LogP contribution in [0.25, 0.3) is 0 Å². The van der Waals surface area contributed by atoms with Gasteiger partial charge < -0.3 is 10.2 Å². The topological polar surface area (TPSA) is 45.2 Å². The van der Waals surface area contributed by atoms with Crippen LogP contribution in [0.4, 0.5) is 33.5 Å². The molecule has 2 unspecified atom stereocenters. The number of rotatable bonds is 4. The molecule has 2 aromatic rings. The molecule has 1 saturated heterocycles. The zero-order valence-corrected chi connectivity index (χ0v) is 18.9. The van der Waals surface area contributed by atoms with E-state index in [9.17, 15) is 26.7 Å². The first-order valence-corrected chi connectivity index (χ1v) is 11.2. The van der Waals surface area contributed by atoms with Crippen LogP contribution < -0.4 is 10.2 Å². The van der Waals surface area contributed by atoms with E-state index in [4.69, 9.17) is 0 Å². The molecule has 174 valence electrons. The summed E-state index contributed by atoms with van der Waals surface area (Å²) in [6.07, 6.45) is -2.19. The molecule has 1 N–H and O–H groups in total. The summed E-state index contributed by atoms with van der Waals surface area (Å²) in [6.45, 7) is 3.71. The zero-order valence-electron chi connectivity index (χ0n) is 18.1. The Morgan fingerprint density at radius 1 is 1.22 bits per heavy atom. The van der Waals surface area contributed by atoms with E-state index in [1.54, 1.807) is 18.2 Å². The lowest BCUT2D eigenvalue weighted by Gasteiger charge is -2.42. The number of halogens is 5. The van der Waals surface area contributed by atoms with Gasteiger partial charge in [-0.05, 0) is 36.9 Å². The molecule has 1 aromatic carbocycles. The summed E-state index contributed by atoms with van der Waals surface area (Å²) < 4.78 is 69.2. The number of anilines is 2. The molecule has 3 rings (SSSR count). The van der Waals surface area contributed by atoms with Gasteiger partial charge in [0.2, 0.25) is 0 Å². The highest BCUT2D eigenvalue weighted by Crippen LogP contribution is 2.41. The van der Waals surface area contributed by atoms with Crippen molar-refractivity contribution in [3.8, 4) is 0 Å². The number of carbonyl (C=O) groups excluding carboxylic acids is 1. The second-order valence-corrected chi connectivity index (χ2v) is 8.94. The molecule has 0 aliphatic carbocycles. The molecule has 0 saturated carbocycles. The maximum Gasteiger partial charge on any atom is 0.418 e. The molecule has 1 fully saturated rings. The van der Waals surface area contributed by atoms with Crippen molar-refractivity contribution in [2.75, 3.05) is 29.6 Å². The number of nitrogens with zero attached hydrogens (tertiary/aromatic N) is 2. The van der Waals surface area contributed by atoms with E-state index in [0.717, 1.165) is 4.90 Å². The fraction of sp³-hybridized carbons (Fsp3) is 0.455. The number of alkyl halides is 5. The Hall–Kier alpha value is -2.36. The summed E-state index contributed by atoms with van der Waals surface area (Å²) in [5.41, 5.74) is -1.18. The van der Waals surface area contributed by atoms with Crippen molar-refractivity contribution in [3.05, 3.63) is 47.2 Å². The summed E-state index contributed by atoms with van der Waals surface area (Å²) in [6, 6.07) is 6.87. The number of piperidine rings is 1. The molecule has 1 amide bonds. The van der Waals surface area contributed by atoms with E-state index in [1.165, 1.54) is 37.4 Å². The predicted molar refractivity (Wildman–Crippen MR) is 116 cm³/mol. The molecule has 2 atom stereocenters. The van der Waals surface area contributed by atoms with Gasteiger partial charge in [0.25, 0.3) is 11.8 Å². The third-order valence-corrected chi connectivity index (χ3v) is 6.51. The molecule has 0 spiro atoms. The molecular formula is C22H24F5N3OS. The van der Waals surface area contributed by atoms with Crippen LogP contribution >= 0.6 is 11.8 Å². The van der Waals surface area contributed by atoms with Gasteiger partial charge in [-0.1, -0.05) is 19.9 Å². The van der Waals surface area contributed by atoms with Crippen molar-refractivity contribution in [1.82, 2.24) is 4.98 Å². The molecule has 1 aromatic heterocycles. The van der Waals surface area contributed by atoms with E-state index >= 15 is 0 Å². The van der Waals surface area contributed by atoms with E-state index < -0.39 is 35.4 Å². The highest BCUT2D eigenvalue weighted by Gasteiger charge is 2.48. The fourth-order valence-electron chi connectivity index (χ4n) is 3.92. The van der Waals surface area contributed by atoms with Gasteiger partial charge in [0.15, 0.2) is 0 Å². The lowest BCUT2D eigenvalue weighted by atomic mass is 9.86. The number of pyridine rings is 1. The van der Waals surface area contributed by atoms with Crippen LogP contribution in [0.15, 0.2) is 35.4 Å². The minimum atomic E-state index is -4.71. The number of nitrogens with one attached hydrogen (secondary N) is 1. The second kappa shape index (κ2) is 8.88. The highest BCUT2D eigenvalue weighted by molar-refractivity contribution is 7.98. The Bertz CT molecular complexity index is 998. The molecule has 0 radical (unpaired) electrons. The Kier molecular flexibility index (Phi) is 6.74. The average molecular weight is 474 g/mol. The average Bonchev–Trinajstić information content (AvgIpc) is 2.70. The Balaban J connectivity index is 2.06. The van der Waals surface area contributed by atoms with Crippen LogP contribution in [0.2, 0.25) is 0 Å². The Morgan fingerprint density at radius 3 is 2.41 bits per heavy atom. The summed E-state index contributed by atoms with van der Waals surface area (Å²) in [4.78, 5) is 19.4. The molecule has 10 heteroatoms. The van der Waals surface area contributed by atoms with Crippen LogP contribution in [-0.2, 0) is 6.18 Å². The van der Waals surface area contributed by atoms with Gasteiger partial charge in [-0.3, -0.25) is 4.79 Å². The molecule has 0 bridgehead atoms. The van der Waals surface area contributed by atoms with Gasteiger partial charge in [0.1, 0.15) is 5.82 Å². The first-order chi connectivity index (χ1) is 14.9. The lowest BCUT2D eigenvalue weighted by molar-refractivity contribution is -0.138. The largest absolute Gasteiger partial charge is 0.418 e. The smallest absolute Gasteiger partial charge is 0.355 e. The van der Waals surface area contributed by atoms with Crippen LogP contribution in [0.1, 0.15) is 35.3 Å². The minimum absolute atomic E-state index is 0.0248. The van der Waals surface area contributed by atoms with Gasteiger partial charge in [-0.15, -0.1) is 11.8 Å². The number of aromatic nitrogens is 1. The summed E-state index contributed by atoms with van der Waals surface area (Å²) >= 11 is 1.45. The van der Waals surface area contributed by atoms with Crippen LogP contribution in [0.5, 0.6) is 0 Å². The first kappa shape index (κ1) is 24.3. The van der Waals surface area contributed by atoms with E-state index in [1.807, 2.05) is 12.3 Å². The van der Waals surface area contributed by atoms with E-state index in [2.05, 4.69) is 10.3 Å². The maximum atomic E-state index is 14.3. The van der Waals surface area contributed by atoms with Crippen molar-refractivity contribution < 1.29 is 26.7 Å². The number of benzene rings is 1. The van der Waals surface area contributed by atoms with Crippen LogP contribution in [-0.4, -0.2) is 36.2 Å². The number of hydrogen-bond donors (Lipinski definition) is 1. The quantitative estimate of drug-likeness (QED) is 0.430. The third-order valence-electron chi connectivity index (χ3n) is 5.78. The van der Waals surface area contributed by atoms with Gasteiger partial charge in [0, 0.05) is 41.7 Å². The van der Waals surface area contributed by atoms with Crippen molar-refractivity contribution in [1.29, 1.82) is 0 Å². The number of hydrogen-bond acceptors (Lipinski definition) is 4. The van der Waals surface area contributed by atoms with Crippen molar-refractivity contribution in [2.24, 2.45) is 11.8 Å². The van der Waals surface area contributed by atoms with Gasteiger partial charge in [-0.2, -0.15) is 13.2 Å². The predicted octanol–water partition coefficient (Wildman–Crippen LogP) is 6.11. The van der Waals surface area contributed by atoms with E-state index in [0.29, 0.717) is 11.9 Å². The SMILES string of the molecule is CSc1cccc(NC(=O)c2c(N3CC(C)C(F)(F)C(C)C3)ncc(C(F)(F)F)c2C)c1. The minimum Gasteiger partial charge on any atom is -0.355 e. The molecule has 4 nitrogen and oxygen atoms in total. The Labute approximate surface area is 187 Å². The fourth-order valence-corrected chi connectivity index (χ4v) is 4.38. The van der Waals surface area contributed by atoms with Crippen molar-refractivity contribution >= 4 is 29.2 Å². The standard InChI is InChI=1S/C22H24F5N3OS/c1-12-10-30(11-13(2)21(12,23)24)19-18(14(3)17(9-28-19)22(25,26)27)20(31)29-15-6-5-7-16(8-15)32-4/h5-9,12-13H,10-11H2,1-4H3,(H,29,31). The molecule has 32 heavy (non-hydrogen) atoms. The molecule has 1 aliphatic rings. The molecule has 1 aliphatic heterocycles. The van der Waals surface area contributed by atoms with E-state index in [-0.39, 0.29) is 30.0 Å². The zero-order chi connectivity index (χ0) is 23.8. The third kappa shape index (κ3) is 4.69. The highest BCUT2D eigenvalue weighted by atomic mass is 32.2. The van der Waals surface area contributed by atoms with Crippen LogP contribution in [0.3, 0.4) is 0 Å². The van der Waals surface area contributed by atoms with Crippen molar-refractivity contribution in [2.45, 2.75) is 37.8 Å². The Morgan fingerprint density at radius 2 is 1.84 bits per heavy atom. The maximum absolute atomic E-state index is 14.3. The number of thioether (sulfide) groups is 1. The summed E-state index contributed by atoms with van der Waals surface area (Å²) in [5, 5.41) is 2.64. The second-order valence-electron chi connectivity index (χ2n) is 8.06.